The number of aliphatic hydroxyl groups is 1. The fourth-order valence-electron chi connectivity index (χ4n) is 2.39. The molecule has 0 amide bonds. The minimum absolute atomic E-state index is 0.0160. The van der Waals surface area contributed by atoms with Gasteiger partial charge in [-0.1, -0.05) is 57.5 Å². The average molecular weight is 278 g/mol. The fraction of sp³-hybridized carbons (Fsp3) is 0.647. The molecule has 0 spiro atoms. The molecule has 0 saturated carbocycles. The lowest BCUT2D eigenvalue weighted by atomic mass is 9.88. The Morgan fingerprint density at radius 1 is 1.25 bits per heavy atom. The lowest BCUT2D eigenvalue weighted by Gasteiger charge is -2.32. The van der Waals surface area contributed by atoms with Gasteiger partial charge < -0.3 is 15.7 Å². The molecule has 0 aliphatic carbocycles. The Hall–Kier alpha value is -0.900. The number of rotatable bonds is 9. The SMILES string of the molecule is CCC(C)CN(CC)CCC(N)(CO)c1ccccc1. The molecular weight excluding hydrogens is 248 g/mol. The first-order valence-corrected chi connectivity index (χ1v) is 7.73. The second kappa shape index (κ2) is 8.40. The summed E-state index contributed by atoms with van der Waals surface area (Å²) in [6.45, 7) is 9.72. The summed E-state index contributed by atoms with van der Waals surface area (Å²) in [4.78, 5) is 2.42. The predicted octanol–water partition coefficient (Wildman–Crippen LogP) is 2.59. The first-order chi connectivity index (χ1) is 9.55. The Balaban J connectivity index is 2.64. The van der Waals surface area contributed by atoms with Gasteiger partial charge in [0.05, 0.1) is 12.1 Å². The quantitative estimate of drug-likeness (QED) is 0.730. The normalized spacial score (nSPS) is 16.1. The summed E-state index contributed by atoms with van der Waals surface area (Å²) in [6, 6.07) is 9.93. The smallest absolute Gasteiger partial charge is 0.0656 e. The van der Waals surface area contributed by atoms with Crippen LogP contribution in [0.3, 0.4) is 0 Å². The molecule has 0 bridgehead atoms. The van der Waals surface area contributed by atoms with Gasteiger partial charge in [-0.2, -0.15) is 0 Å². The van der Waals surface area contributed by atoms with Crippen molar-refractivity contribution in [2.24, 2.45) is 11.7 Å². The monoisotopic (exact) mass is 278 g/mol. The van der Waals surface area contributed by atoms with Gasteiger partial charge in [-0.3, -0.25) is 0 Å². The van der Waals surface area contributed by atoms with E-state index in [1.807, 2.05) is 30.3 Å². The molecule has 0 aliphatic rings. The topological polar surface area (TPSA) is 49.5 Å². The van der Waals surface area contributed by atoms with Crippen molar-refractivity contribution in [3.63, 3.8) is 0 Å². The molecule has 1 aromatic rings. The van der Waals surface area contributed by atoms with Crippen LogP contribution in [-0.4, -0.2) is 36.2 Å². The number of benzene rings is 1. The van der Waals surface area contributed by atoms with E-state index in [2.05, 4.69) is 25.7 Å². The van der Waals surface area contributed by atoms with Gasteiger partial charge in [0.15, 0.2) is 0 Å². The zero-order chi connectivity index (χ0) is 15.0. The van der Waals surface area contributed by atoms with E-state index in [-0.39, 0.29) is 6.61 Å². The molecule has 0 aliphatic heterocycles. The first-order valence-electron chi connectivity index (χ1n) is 7.73. The molecule has 20 heavy (non-hydrogen) atoms. The molecule has 1 aromatic carbocycles. The van der Waals surface area contributed by atoms with E-state index in [1.165, 1.54) is 6.42 Å². The third kappa shape index (κ3) is 4.89. The van der Waals surface area contributed by atoms with Crippen molar-refractivity contribution in [3.05, 3.63) is 35.9 Å². The summed E-state index contributed by atoms with van der Waals surface area (Å²) >= 11 is 0. The lowest BCUT2D eigenvalue weighted by Crippen LogP contribution is -2.44. The zero-order valence-electron chi connectivity index (χ0n) is 13.2. The van der Waals surface area contributed by atoms with Crippen molar-refractivity contribution < 1.29 is 5.11 Å². The Labute approximate surface area is 123 Å². The van der Waals surface area contributed by atoms with Crippen LogP contribution in [0.25, 0.3) is 0 Å². The highest BCUT2D eigenvalue weighted by molar-refractivity contribution is 5.24. The molecule has 114 valence electrons. The summed E-state index contributed by atoms with van der Waals surface area (Å²) < 4.78 is 0. The number of aliphatic hydroxyl groups excluding tert-OH is 1. The lowest BCUT2D eigenvalue weighted by molar-refractivity contribution is 0.158. The Morgan fingerprint density at radius 2 is 1.90 bits per heavy atom. The van der Waals surface area contributed by atoms with Gasteiger partial charge in [0, 0.05) is 13.1 Å². The molecule has 2 unspecified atom stereocenters. The summed E-state index contributed by atoms with van der Waals surface area (Å²) in [5, 5.41) is 9.71. The summed E-state index contributed by atoms with van der Waals surface area (Å²) in [6.07, 6.45) is 1.97. The van der Waals surface area contributed by atoms with E-state index in [4.69, 9.17) is 5.73 Å². The van der Waals surface area contributed by atoms with Gasteiger partial charge in [0.25, 0.3) is 0 Å². The van der Waals surface area contributed by atoms with Crippen LogP contribution in [0.2, 0.25) is 0 Å². The van der Waals surface area contributed by atoms with Crippen LogP contribution in [0, 0.1) is 5.92 Å². The third-order valence-electron chi connectivity index (χ3n) is 4.22. The van der Waals surface area contributed by atoms with Gasteiger partial charge in [-0.15, -0.1) is 0 Å². The van der Waals surface area contributed by atoms with Crippen LogP contribution in [0.5, 0.6) is 0 Å². The van der Waals surface area contributed by atoms with Crippen molar-refractivity contribution >= 4 is 0 Å². The first kappa shape index (κ1) is 17.2. The van der Waals surface area contributed by atoms with Gasteiger partial charge in [0.2, 0.25) is 0 Å². The van der Waals surface area contributed by atoms with Crippen LogP contribution in [0.4, 0.5) is 0 Å². The van der Waals surface area contributed by atoms with Gasteiger partial charge in [0.1, 0.15) is 0 Å². The van der Waals surface area contributed by atoms with Gasteiger partial charge >= 0.3 is 0 Å². The van der Waals surface area contributed by atoms with E-state index in [9.17, 15) is 5.11 Å². The van der Waals surface area contributed by atoms with Crippen molar-refractivity contribution in [1.82, 2.24) is 4.90 Å². The van der Waals surface area contributed by atoms with Gasteiger partial charge in [-0.05, 0) is 24.4 Å². The summed E-state index contributed by atoms with van der Waals surface area (Å²) in [5.41, 5.74) is 6.79. The van der Waals surface area contributed by atoms with Crippen LogP contribution in [-0.2, 0) is 5.54 Å². The van der Waals surface area contributed by atoms with Crippen molar-refractivity contribution in [3.8, 4) is 0 Å². The number of hydrogen-bond acceptors (Lipinski definition) is 3. The predicted molar refractivity (Wildman–Crippen MR) is 85.6 cm³/mol. The van der Waals surface area contributed by atoms with Crippen LogP contribution < -0.4 is 5.73 Å². The van der Waals surface area contributed by atoms with E-state index in [0.717, 1.165) is 31.6 Å². The number of nitrogens with two attached hydrogens (primary N) is 1. The Kier molecular flexibility index (Phi) is 7.20. The average Bonchev–Trinajstić information content (AvgIpc) is 2.51. The third-order valence-corrected chi connectivity index (χ3v) is 4.22. The van der Waals surface area contributed by atoms with Crippen LogP contribution in [0.15, 0.2) is 30.3 Å². The van der Waals surface area contributed by atoms with Crippen LogP contribution in [0.1, 0.15) is 39.2 Å². The second-order valence-corrected chi connectivity index (χ2v) is 5.84. The maximum Gasteiger partial charge on any atom is 0.0656 e. The fourth-order valence-corrected chi connectivity index (χ4v) is 2.39. The van der Waals surface area contributed by atoms with E-state index in [0.29, 0.717) is 5.92 Å². The highest BCUT2D eigenvalue weighted by atomic mass is 16.3. The number of nitrogens with zero attached hydrogens (tertiary/aromatic N) is 1. The maximum absolute atomic E-state index is 9.71. The highest BCUT2D eigenvalue weighted by Gasteiger charge is 2.26. The molecule has 0 aromatic heterocycles. The highest BCUT2D eigenvalue weighted by Crippen LogP contribution is 2.22. The van der Waals surface area contributed by atoms with E-state index < -0.39 is 5.54 Å². The standard InChI is InChI=1S/C17H30N2O/c1-4-15(3)13-19(5-2)12-11-17(18,14-20)16-9-7-6-8-10-16/h6-10,15,20H,4-5,11-14,18H2,1-3H3. The minimum Gasteiger partial charge on any atom is -0.394 e. The second-order valence-electron chi connectivity index (χ2n) is 5.84. The molecule has 3 nitrogen and oxygen atoms in total. The van der Waals surface area contributed by atoms with Crippen molar-refractivity contribution in [2.45, 2.75) is 39.2 Å². The Bertz CT molecular complexity index is 369. The summed E-state index contributed by atoms with van der Waals surface area (Å²) in [5.74, 6) is 0.702. The largest absolute Gasteiger partial charge is 0.394 e. The molecule has 1 rings (SSSR count). The van der Waals surface area contributed by atoms with Crippen molar-refractivity contribution in [2.75, 3.05) is 26.2 Å². The molecular formula is C17H30N2O. The van der Waals surface area contributed by atoms with Gasteiger partial charge in [-0.25, -0.2) is 0 Å². The molecule has 0 fully saturated rings. The molecule has 0 radical (unpaired) electrons. The molecule has 3 N–H and O–H groups in total. The number of hydrogen-bond donors (Lipinski definition) is 2. The molecule has 0 heterocycles. The Morgan fingerprint density at radius 3 is 2.40 bits per heavy atom. The van der Waals surface area contributed by atoms with Crippen molar-refractivity contribution in [1.29, 1.82) is 0 Å². The van der Waals surface area contributed by atoms with E-state index >= 15 is 0 Å². The molecule has 2 atom stereocenters. The molecule has 3 heteroatoms. The zero-order valence-corrected chi connectivity index (χ0v) is 13.2. The maximum atomic E-state index is 9.71. The summed E-state index contributed by atoms with van der Waals surface area (Å²) in [7, 11) is 0. The van der Waals surface area contributed by atoms with E-state index in [1.54, 1.807) is 0 Å². The molecule has 0 saturated heterocycles. The minimum atomic E-state index is -0.635. The van der Waals surface area contributed by atoms with Crippen LogP contribution >= 0.6 is 0 Å².